The molecule has 0 aliphatic carbocycles. The highest BCUT2D eigenvalue weighted by atomic mass is 16.5. The number of imide groups is 1. The minimum absolute atomic E-state index is 0.000914. The lowest BCUT2D eigenvalue weighted by Gasteiger charge is -2.13. The van der Waals surface area contributed by atoms with Crippen molar-refractivity contribution in [2.75, 3.05) is 13.7 Å². The van der Waals surface area contributed by atoms with E-state index >= 15 is 0 Å². The van der Waals surface area contributed by atoms with E-state index in [4.69, 9.17) is 10.00 Å². The molecule has 8 heteroatoms. The van der Waals surface area contributed by atoms with Crippen molar-refractivity contribution in [2.45, 2.75) is 12.8 Å². The zero-order chi connectivity index (χ0) is 22.4. The number of ether oxygens (including phenoxy) is 2. The van der Waals surface area contributed by atoms with Gasteiger partial charge in [0, 0.05) is 13.0 Å². The molecular weight excluding hydrogens is 400 g/mol. The van der Waals surface area contributed by atoms with E-state index in [0.717, 1.165) is 4.90 Å². The van der Waals surface area contributed by atoms with Crippen LogP contribution in [0, 0.1) is 11.3 Å². The summed E-state index contributed by atoms with van der Waals surface area (Å²) in [7, 11) is 1.17. The second-order valence-corrected chi connectivity index (χ2v) is 6.62. The molecule has 1 aliphatic heterocycles. The van der Waals surface area contributed by atoms with Crippen molar-refractivity contribution < 1.29 is 28.7 Å². The monoisotopic (exact) mass is 418 g/mol. The molecule has 0 fully saturated rings. The average Bonchev–Trinajstić information content (AvgIpc) is 3.02. The van der Waals surface area contributed by atoms with Crippen molar-refractivity contribution in [3.05, 3.63) is 70.8 Å². The van der Waals surface area contributed by atoms with E-state index in [-0.39, 0.29) is 42.5 Å². The number of fused-ring (bicyclic) bond motifs is 1. The molecule has 1 aliphatic rings. The maximum Gasteiger partial charge on any atom is 0.348 e. The third-order valence-electron chi connectivity index (χ3n) is 4.57. The largest absolute Gasteiger partial charge is 0.465 e. The van der Waals surface area contributed by atoms with Gasteiger partial charge in [-0.2, -0.15) is 5.26 Å². The van der Waals surface area contributed by atoms with Crippen LogP contribution in [0.1, 0.15) is 39.1 Å². The second kappa shape index (κ2) is 9.50. The second-order valence-electron chi connectivity index (χ2n) is 6.62. The number of carbonyl (C=O) groups is 4. The van der Waals surface area contributed by atoms with Gasteiger partial charge in [0.1, 0.15) is 17.4 Å². The van der Waals surface area contributed by atoms with Crippen LogP contribution in [0.5, 0.6) is 5.75 Å². The minimum atomic E-state index is -0.766. The predicted molar refractivity (Wildman–Crippen MR) is 109 cm³/mol. The fourth-order valence-corrected chi connectivity index (χ4v) is 3.09. The molecule has 31 heavy (non-hydrogen) atoms. The van der Waals surface area contributed by atoms with Crippen LogP contribution in [0.4, 0.5) is 0 Å². The number of hydrogen-bond donors (Lipinski definition) is 0. The summed E-state index contributed by atoms with van der Waals surface area (Å²) in [5.41, 5.74) is 1.03. The van der Waals surface area contributed by atoms with Crippen LogP contribution in [-0.4, -0.2) is 42.3 Å². The van der Waals surface area contributed by atoms with Gasteiger partial charge in [-0.1, -0.05) is 24.3 Å². The molecule has 0 saturated heterocycles. The lowest BCUT2D eigenvalue weighted by Crippen LogP contribution is -2.31. The highest BCUT2D eigenvalue weighted by Crippen LogP contribution is 2.23. The van der Waals surface area contributed by atoms with Crippen molar-refractivity contribution in [3.63, 3.8) is 0 Å². The molecule has 0 atom stereocenters. The molecule has 8 nitrogen and oxygen atoms in total. The number of amides is 2. The van der Waals surface area contributed by atoms with E-state index in [1.807, 2.05) is 0 Å². The standard InChI is InChI=1S/C23H18N2O6/c1-30-23(29)16(14-24)12-15-6-4-7-17(13-15)31-20(26)10-5-11-25-21(27)18-8-2-3-9-19(18)22(25)28/h2-4,6-9,12-13H,5,10-11H2,1H3/b16-12+. The first-order valence-corrected chi connectivity index (χ1v) is 9.40. The smallest absolute Gasteiger partial charge is 0.348 e. The fourth-order valence-electron chi connectivity index (χ4n) is 3.09. The van der Waals surface area contributed by atoms with Gasteiger partial charge < -0.3 is 9.47 Å². The predicted octanol–water partition coefficient (Wildman–Crippen LogP) is 2.75. The van der Waals surface area contributed by atoms with Gasteiger partial charge in [-0.3, -0.25) is 19.3 Å². The molecule has 0 bridgehead atoms. The summed E-state index contributed by atoms with van der Waals surface area (Å²) in [4.78, 5) is 49.4. The Kier molecular flexibility index (Phi) is 6.58. The first-order valence-electron chi connectivity index (χ1n) is 9.40. The van der Waals surface area contributed by atoms with Crippen LogP contribution in [0.15, 0.2) is 54.1 Å². The summed E-state index contributed by atoms with van der Waals surface area (Å²) in [6, 6.07) is 14.6. The Morgan fingerprint density at radius 2 is 1.74 bits per heavy atom. The van der Waals surface area contributed by atoms with Gasteiger partial charge in [-0.15, -0.1) is 0 Å². The molecular formula is C23H18N2O6. The van der Waals surface area contributed by atoms with Crippen LogP contribution in [0.25, 0.3) is 6.08 Å². The van der Waals surface area contributed by atoms with Gasteiger partial charge in [0.2, 0.25) is 0 Å². The summed E-state index contributed by atoms with van der Waals surface area (Å²) in [5.74, 6) is -1.80. The van der Waals surface area contributed by atoms with Crippen LogP contribution >= 0.6 is 0 Å². The number of carbonyl (C=O) groups excluding carboxylic acids is 4. The van der Waals surface area contributed by atoms with Crippen molar-refractivity contribution >= 4 is 29.8 Å². The molecule has 0 unspecified atom stereocenters. The molecule has 156 valence electrons. The molecule has 3 rings (SSSR count). The normalized spacial score (nSPS) is 12.9. The molecule has 0 aromatic heterocycles. The van der Waals surface area contributed by atoms with E-state index in [2.05, 4.69) is 4.74 Å². The molecule has 0 saturated carbocycles. The summed E-state index contributed by atoms with van der Waals surface area (Å²) < 4.78 is 9.81. The van der Waals surface area contributed by atoms with E-state index in [1.165, 1.54) is 19.3 Å². The van der Waals surface area contributed by atoms with Crippen LogP contribution in [0.3, 0.4) is 0 Å². The van der Waals surface area contributed by atoms with Crippen LogP contribution < -0.4 is 4.74 Å². The van der Waals surface area contributed by atoms with E-state index in [0.29, 0.717) is 16.7 Å². The molecule has 0 N–H and O–H groups in total. The molecule has 2 amide bonds. The first kappa shape index (κ1) is 21.5. The van der Waals surface area contributed by atoms with Gasteiger partial charge >= 0.3 is 11.9 Å². The van der Waals surface area contributed by atoms with Gasteiger partial charge in [0.15, 0.2) is 0 Å². The van der Waals surface area contributed by atoms with Crippen molar-refractivity contribution in [1.82, 2.24) is 4.90 Å². The number of benzene rings is 2. The average molecular weight is 418 g/mol. The lowest BCUT2D eigenvalue weighted by molar-refractivity contribution is -0.136. The zero-order valence-electron chi connectivity index (χ0n) is 16.7. The lowest BCUT2D eigenvalue weighted by atomic mass is 10.1. The Labute approximate surface area is 178 Å². The molecule has 0 radical (unpaired) electrons. The van der Waals surface area contributed by atoms with E-state index in [9.17, 15) is 19.2 Å². The summed E-state index contributed by atoms with van der Waals surface area (Å²) >= 11 is 0. The van der Waals surface area contributed by atoms with Crippen molar-refractivity contribution in [3.8, 4) is 11.8 Å². The Hall–Kier alpha value is -4.25. The molecule has 2 aromatic rings. The summed E-state index contributed by atoms with van der Waals surface area (Å²) in [6.07, 6.45) is 1.58. The molecule has 0 spiro atoms. The number of hydrogen-bond acceptors (Lipinski definition) is 7. The Morgan fingerprint density at radius 1 is 1.06 bits per heavy atom. The SMILES string of the molecule is COC(=O)/C(C#N)=C/c1cccc(OC(=O)CCCN2C(=O)c3ccccc3C2=O)c1. The number of nitrogens with zero attached hydrogens (tertiary/aromatic N) is 2. The summed E-state index contributed by atoms with van der Waals surface area (Å²) in [6.45, 7) is 0.106. The molecule has 1 heterocycles. The maximum absolute atomic E-state index is 12.3. The third kappa shape index (κ3) is 4.85. The quantitative estimate of drug-likeness (QED) is 0.223. The topological polar surface area (TPSA) is 114 Å². The number of esters is 2. The van der Waals surface area contributed by atoms with Gasteiger partial charge in [-0.25, -0.2) is 4.79 Å². The van der Waals surface area contributed by atoms with Crippen molar-refractivity contribution in [2.24, 2.45) is 0 Å². The minimum Gasteiger partial charge on any atom is -0.465 e. The van der Waals surface area contributed by atoms with E-state index in [1.54, 1.807) is 48.5 Å². The Balaban J connectivity index is 1.56. The molecule has 2 aromatic carbocycles. The number of nitriles is 1. The van der Waals surface area contributed by atoms with Gasteiger partial charge in [0.05, 0.1) is 18.2 Å². The maximum atomic E-state index is 12.3. The van der Waals surface area contributed by atoms with Crippen molar-refractivity contribution in [1.29, 1.82) is 5.26 Å². The van der Waals surface area contributed by atoms with Gasteiger partial charge in [0.25, 0.3) is 11.8 Å². The van der Waals surface area contributed by atoms with E-state index < -0.39 is 11.9 Å². The third-order valence-corrected chi connectivity index (χ3v) is 4.57. The van der Waals surface area contributed by atoms with Crippen LogP contribution in [-0.2, 0) is 14.3 Å². The first-order chi connectivity index (χ1) is 14.9. The highest BCUT2D eigenvalue weighted by Gasteiger charge is 2.34. The fraction of sp³-hybridized carbons (Fsp3) is 0.174. The zero-order valence-corrected chi connectivity index (χ0v) is 16.7. The number of methoxy groups -OCH3 is 1. The van der Waals surface area contributed by atoms with Gasteiger partial charge in [-0.05, 0) is 42.3 Å². The Morgan fingerprint density at radius 3 is 2.35 bits per heavy atom. The van der Waals surface area contributed by atoms with Crippen LogP contribution in [0.2, 0.25) is 0 Å². The highest BCUT2D eigenvalue weighted by molar-refractivity contribution is 6.21. The summed E-state index contributed by atoms with van der Waals surface area (Å²) in [5, 5.41) is 9.03. The number of rotatable bonds is 7. The Bertz CT molecular complexity index is 1090.